The van der Waals surface area contributed by atoms with E-state index >= 15 is 0 Å². The van der Waals surface area contributed by atoms with Crippen LogP contribution in [0, 0.1) is 0 Å². The van der Waals surface area contributed by atoms with Crippen molar-refractivity contribution in [2.45, 2.75) is 53.8 Å². The molecule has 0 saturated carbocycles. The van der Waals surface area contributed by atoms with Gasteiger partial charge in [0.15, 0.2) is 0 Å². The lowest BCUT2D eigenvalue weighted by Gasteiger charge is -2.28. The van der Waals surface area contributed by atoms with Crippen molar-refractivity contribution in [3.63, 3.8) is 0 Å². The van der Waals surface area contributed by atoms with Crippen LogP contribution in [0.3, 0.4) is 0 Å². The van der Waals surface area contributed by atoms with E-state index in [-0.39, 0.29) is 0 Å². The Morgan fingerprint density at radius 1 is 0.706 bits per heavy atom. The van der Waals surface area contributed by atoms with Crippen molar-refractivity contribution in [3.8, 4) is 0 Å². The van der Waals surface area contributed by atoms with Gasteiger partial charge >= 0.3 is 0 Å². The molecule has 0 aliphatic carbocycles. The predicted molar refractivity (Wildman–Crippen MR) is 75.6 cm³/mol. The molecule has 0 radical (unpaired) electrons. The van der Waals surface area contributed by atoms with Gasteiger partial charge in [-0.25, -0.2) is 0 Å². The number of hydrogen-bond donors (Lipinski definition) is 0. The van der Waals surface area contributed by atoms with Crippen LogP contribution in [-0.4, -0.2) is 61.3 Å². The minimum Gasteiger partial charge on any atom is -0.373 e. The molecule has 104 valence electrons. The van der Waals surface area contributed by atoms with E-state index in [0.29, 0.717) is 12.2 Å². The van der Waals surface area contributed by atoms with Crippen LogP contribution in [0.15, 0.2) is 0 Å². The number of likely N-dealkylation sites (N-methyl/N-ethyl adjacent to an activating group) is 2. The summed E-state index contributed by atoms with van der Waals surface area (Å²) in [5.74, 6) is 0. The fraction of sp³-hybridized carbons (Fsp3) is 1.00. The van der Waals surface area contributed by atoms with Crippen LogP contribution in [0.4, 0.5) is 0 Å². The first-order chi connectivity index (χ1) is 8.07. The lowest BCUT2D eigenvalue weighted by atomic mass is 10.3. The Kier molecular flexibility index (Phi) is 9.79. The average Bonchev–Trinajstić information content (AvgIpc) is 2.32. The summed E-state index contributed by atoms with van der Waals surface area (Å²) in [5.41, 5.74) is 0. The molecular formula is C14H32N2O. The fourth-order valence-corrected chi connectivity index (χ4v) is 2.17. The van der Waals surface area contributed by atoms with Gasteiger partial charge in [0.1, 0.15) is 0 Å². The molecule has 0 N–H and O–H groups in total. The first-order valence-electron chi connectivity index (χ1n) is 7.17. The van der Waals surface area contributed by atoms with Crippen LogP contribution in [-0.2, 0) is 4.74 Å². The van der Waals surface area contributed by atoms with Gasteiger partial charge in [-0.2, -0.15) is 0 Å². The molecule has 0 heterocycles. The van der Waals surface area contributed by atoms with E-state index in [9.17, 15) is 0 Å². The molecule has 17 heavy (non-hydrogen) atoms. The van der Waals surface area contributed by atoms with E-state index < -0.39 is 0 Å². The summed E-state index contributed by atoms with van der Waals surface area (Å²) < 4.78 is 6.04. The molecule has 0 spiro atoms. The second-order valence-electron chi connectivity index (χ2n) is 4.73. The van der Waals surface area contributed by atoms with E-state index in [2.05, 4.69) is 51.3 Å². The SMILES string of the molecule is CCN(CC)CC(C)OC(C)CN(CC)CC. The lowest BCUT2D eigenvalue weighted by Crippen LogP contribution is -2.38. The summed E-state index contributed by atoms with van der Waals surface area (Å²) in [7, 11) is 0. The Labute approximate surface area is 108 Å². The van der Waals surface area contributed by atoms with Gasteiger partial charge in [0.2, 0.25) is 0 Å². The maximum Gasteiger partial charge on any atom is 0.0678 e. The van der Waals surface area contributed by atoms with E-state index in [1.54, 1.807) is 0 Å². The molecule has 0 aliphatic heterocycles. The summed E-state index contributed by atoms with van der Waals surface area (Å²) >= 11 is 0. The van der Waals surface area contributed by atoms with Crippen LogP contribution in [0.1, 0.15) is 41.5 Å². The Morgan fingerprint density at radius 3 is 1.24 bits per heavy atom. The molecule has 0 aliphatic rings. The molecule has 3 nitrogen and oxygen atoms in total. The summed E-state index contributed by atoms with van der Waals surface area (Å²) in [5, 5.41) is 0. The highest BCUT2D eigenvalue weighted by molar-refractivity contribution is 4.64. The number of rotatable bonds is 10. The molecular weight excluding hydrogens is 212 g/mol. The molecule has 0 bridgehead atoms. The standard InChI is InChI=1S/C14H32N2O/c1-7-15(8-2)11-13(5)17-14(6)12-16(9-3)10-4/h13-14H,7-12H2,1-6H3. The first-order valence-corrected chi connectivity index (χ1v) is 7.17. The van der Waals surface area contributed by atoms with Gasteiger partial charge in [-0.15, -0.1) is 0 Å². The maximum atomic E-state index is 6.04. The molecule has 0 saturated heterocycles. The van der Waals surface area contributed by atoms with Crippen LogP contribution in [0.2, 0.25) is 0 Å². The fourth-order valence-electron chi connectivity index (χ4n) is 2.17. The van der Waals surface area contributed by atoms with Crippen molar-refractivity contribution in [3.05, 3.63) is 0 Å². The molecule has 3 heteroatoms. The van der Waals surface area contributed by atoms with Gasteiger partial charge in [-0.1, -0.05) is 27.7 Å². The van der Waals surface area contributed by atoms with E-state index in [1.807, 2.05) is 0 Å². The van der Waals surface area contributed by atoms with Crippen LogP contribution in [0.5, 0.6) is 0 Å². The summed E-state index contributed by atoms with van der Waals surface area (Å²) in [6.07, 6.45) is 0.640. The number of ether oxygens (including phenoxy) is 1. The van der Waals surface area contributed by atoms with Crippen molar-refractivity contribution in [2.24, 2.45) is 0 Å². The monoisotopic (exact) mass is 244 g/mol. The molecule has 0 aromatic carbocycles. The van der Waals surface area contributed by atoms with Crippen LogP contribution >= 0.6 is 0 Å². The third-order valence-corrected chi connectivity index (χ3v) is 3.28. The molecule has 0 rings (SSSR count). The average molecular weight is 244 g/mol. The number of hydrogen-bond acceptors (Lipinski definition) is 3. The highest BCUT2D eigenvalue weighted by Gasteiger charge is 2.13. The van der Waals surface area contributed by atoms with Crippen molar-refractivity contribution in [1.29, 1.82) is 0 Å². The topological polar surface area (TPSA) is 15.7 Å². The largest absolute Gasteiger partial charge is 0.373 e. The van der Waals surface area contributed by atoms with Crippen LogP contribution < -0.4 is 0 Å². The summed E-state index contributed by atoms with van der Waals surface area (Å²) in [4.78, 5) is 4.82. The molecule has 0 amide bonds. The van der Waals surface area contributed by atoms with Crippen molar-refractivity contribution >= 4 is 0 Å². The quantitative estimate of drug-likeness (QED) is 0.587. The van der Waals surface area contributed by atoms with Crippen molar-refractivity contribution in [1.82, 2.24) is 9.80 Å². The molecule has 0 aromatic heterocycles. The van der Waals surface area contributed by atoms with Crippen molar-refractivity contribution in [2.75, 3.05) is 39.3 Å². The zero-order valence-electron chi connectivity index (χ0n) is 12.7. The summed E-state index contributed by atoms with van der Waals surface area (Å²) in [6, 6.07) is 0. The Morgan fingerprint density at radius 2 is 1.00 bits per heavy atom. The molecule has 0 aromatic rings. The second kappa shape index (κ2) is 9.86. The summed E-state index contributed by atoms with van der Waals surface area (Å²) in [6.45, 7) is 19.7. The van der Waals surface area contributed by atoms with Crippen molar-refractivity contribution < 1.29 is 4.74 Å². The number of nitrogens with zero attached hydrogens (tertiary/aromatic N) is 2. The van der Waals surface area contributed by atoms with Gasteiger partial charge in [0, 0.05) is 13.1 Å². The zero-order valence-corrected chi connectivity index (χ0v) is 12.7. The Hall–Kier alpha value is -0.120. The van der Waals surface area contributed by atoms with Gasteiger partial charge in [-0.3, -0.25) is 0 Å². The van der Waals surface area contributed by atoms with E-state index in [4.69, 9.17) is 4.74 Å². The minimum atomic E-state index is 0.320. The van der Waals surface area contributed by atoms with E-state index in [0.717, 1.165) is 39.3 Å². The molecule has 2 atom stereocenters. The smallest absolute Gasteiger partial charge is 0.0678 e. The minimum absolute atomic E-state index is 0.320. The molecule has 2 unspecified atom stereocenters. The Bertz CT molecular complexity index is 150. The normalized spacial score (nSPS) is 15.5. The highest BCUT2D eigenvalue weighted by Crippen LogP contribution is 2.03. The van der Waals surface area contributed by atoms with Crippen LogP contribution in [0.25, 0.3) is 0 Å². The highest BCUT2D eigenvalue weighted by atomic mass is 16.5. The zero-order chi connectivity index (χ0) is 13.3. The van der Waals surface area contributed by atoms with Gasteiger partial charge in [-0.05, 0) is 40.0 Å². The third kappa shape index (κ3) is 7.74. The Balaban J connectivity index is 3.89. The van der Waals surface area contributed by atoms with E-state index in [1.165, 1.54) is 0 Å². The van der Waals surface area contributed by atoms with Gasteiger partial charge in [0.05, 0.1) is 12.2 Å². The van der Waals surface area contributed by atoms with Gasteiger partial charge < -0.3 is 14.5 Å². The maximum absolute atomic E-state index is 6.04. The molecule has 0 fully saturated rings. The lowest BCUT2D eigenvalue weighted by molar-refractivity contribution is -0.0229. The van der Waals surface area contributed by atoms with Gasteiger partial charge in [0.25, 0.3) is 0 Å². The predicted octanol–water partition coefficient (Wildman–Crippen LogP) is 2.46. The third-order valence-electron chi connectivity index (χ3n) is 3.28. The first kappa shape index (κ1) is 16.9. The second-order valence-corrected chi connectivity index (χ2v) is 4.73.